The van der Waals surface area contributed by atoms with Gasteiger partial charge < -0.3 is 10.4 Å². The summed E-state index contributed by atoms with van der Waals surface area (Å²) in [6.07, 6.45) is 0. The van der Waals surface area contributed by atoms with E-state index in [0.717, 1.165) is 16.7 Å². The number of phenolic OH excluding ortho intramolecular Hbond substituents is 1. The molecule has 150 valence electrons. The molecule has 3 aromatic rings. The molecule has 0 saturated carbocycles. The van der Waals surface area contributed by atoms with E-state index in [-0.39, 0.29) is 21.9 Å². The summed E-state index contributed by atoms with van der Waals surface area (Å²) >= 11 is 0. The van der Waals surface area contributed by atoms with Gasteiger partial charge in [-0.15, -0.1) is 0 Å². The summed E-state index contributed by atoms with van der Waals surface area (Å²) in [5.74, 6) is -0.481. The average Bonchev–Trinajstić information content (AvgIpc) is 2.67. The first-order valence-corrected chi connectivity index (χ1v) is 10.4. The van der Waals surface area contributed by atoms with Crippen LogP contribution in [0.2, 0.25) is 0 Å². The molecule has 0 atom stereocenters. The van der Waals surface area contributed by atoms with Crippen LogP contribution < -0.4 is 10.0 Å². The Labute approximate surface area is 170 Å². The van der Waals surface area contributed by atoms with Crippen molar-refractivity contribution in [3.05, 3.63) is 82.9 Å². The van der Waals surface area contributed by atoms with Gasteiger partial charge in [0.15, 0.2) is 0 Å². The van der Waals surface area contributed by atoms with Crippen LogP contribution in [-0.2, 0) is 10.0 Å². The molecular weight excluding hydrogens is 388 g/mol. The van der Waals surface area contributed by atoms with Crippen LogP contribution in [0.3, 0.4) is 0 Å². The molecule has 0 fully saturated rings. The Morgan fingerprint density at radius 3 is 2.17 bits per heavy atom. The maximum Gasteiger partial charge on any atom is 0.261 e. The number of amides is 1. The molecule has 29 heavy (non-hydrogen) atoms. The number of hydrogen-bond donors (Lipinski definition) is 3. The molecule has 6 nitrogen and oxygen atoms in total. The Morgan fingerprint density at radius 2 is 1.55 bits per heavy atom. The number of hydrogen-bond acceptors (Lipinski definition) is 4. The molecule has 0 aliphatic heterocycles. The predicted octanol–water partition coefficient (Wildman–Crippen LogP) is 4.37. The van der Waals surface area contributed by atoms with Crippen molar-refractivity contribution in [2.24, 2.45) is 0 Å². The van der Waals surface area contributed by atoms with Gasteiger partial charge in [0.1, 0.15) is 5.75 Å². The van der Waals surface area contributed by atoms with Gasteiger partial charge in [-0.3, -0.25) is 9.52 Å². The smallest absolute Gasteiger partial charge is 0.261 e. The third-order valence-corrected chi connectivity index (χ3v) is 5.98. The van der Waals surface area contributed by atoms with Gasteiger partial charge in [-0.25, -0.2) is 8.42 Å². The first kappa shape index (κ1) is 20.4. The summed E-state index contributed by atoms with van der Waals surface area (Å²) in [7, 11) is -3.78. The third kappa shape index (κ3) is 4.75. The van der Waals surface area contributed by atoms with Crippen LogP contribution in [0.1, 0.15) is 27.0 Å². The summed E-state index contributed by atoms with van der Waals surface area (Å²) in [5, 5.41) is 12.5. The summed E-state index contributed by atoms with van der Waals surface area (Å²) in [4.78, 5) is 12.4. The van der Waals surface area contributed by atoms with Crippen LogP contribution >= 0.6 is 0 Å². The lowest BCUT2D eigenvalue weighted by Gasteiger charge is -2.11. The molecule has 0 heterocycles. The number of carbonyl (C=O) groups is 1. The summed E-state index contributed by atoms with van der Waals surface area (Å²) in [6.45, 7) is 5.69. The highest BCUT2D eigenvalue weighted by Gasteiger charge is 2.16. The van der Waals surface area contributed by atoms with E-state index in [2.05, 4.69) is 10.0 Å². The third-order valence-electron chi connectivity index (χ3n) is 4.59. The van der Waals surface area contributed by atoms with E-state index >= 15 is 0 Å². The van der Waals surface area contributed by atoms with E-state index in [9.17, 15) is 18.3 Å². The SMILES string of the molecule is Cc1ccc(NC(=O)c2ccc(S(=O)(=O)Nc3ccc(C)c(C)c3)cc2)c(O)c1. The molecule has 0 unspecified atom stereocenters. The summed E-state index contributed by atoms with van der Waals surface area (Å²) < 4.78 is 27.7. The molecule has 3 rings (SSSR count). The van der Waals surface area contributed by atoms with Crippen molar-refractivity contribution in [2.45, 2.75) is 25.7 Å². The van der Waals surface area contributed by atoms with Crippen molar-refractivity contribution in [3.63, 3.8) is 0 Å². The maximum absolute atomic E-state index is 12.6. The molecule has 0 spiro atoms. The highest BCUT2D eigenvalue weighted by molar-refractivity contribution is 7.92. The number of benzene rings is 3. The minimum absolute atomic E-state index is 0.0323. The van der Waals surface area contributed by atoms with E-state index in [1.807, 2.05) is 26.8 Å². The van der Waals surface area contributed by atoms with Crippen molar-refractivity contribution in [1.29, 1.82) is 0 Å². The second-order valence-electron chi connectivity index (χ2n) is 6.90. The number of anilines is 2. The van der Waals surface area contributed by atoms with Gasteiger partial charge in [-0.2, -0.15) is 0 Å². The Balaban J connectivity index is 1.76. The Morgan fingerprint density at radius 1 is 0.862 bits per heavy atom. The number of rotatable bonds is 5. The van der Waals surface area contributed by atoms with Crippen molar-refractivity contribution in [1.82, 2.24) is 0 Å². The van der Waals surface area contributed by atoms with E-state index in [0.29, 0.717) is 5.69 Å². The van der Waals surface area contributed by atoms with Gasteiger partial charge in [0.25, 0.3) is 15.9 Å². The second-order valence-corrected chi connectivity index (χ2v) is 8.59. The average molecular weight is 410 g/mol. The molecule has 0 aliphatic carbocycles. The van der Waals surface area contributed by atoms with Gasteiger partial charge >= 0.3 is 0 Å². The number of aryl methyl sites for hydroxylation is 3. The Kier molecular flexibility index (Phi) is 5.61. The van der Waals surface area contributed by atoms with Crippen LogP contribution in [0.5, 0.6) is 5.75 Å². The highest BCUT2D eigenvalue weighted by atomic mass is 32.2. The predicted molar refractivity (Wildman–Crippen MR) is 114 cm³/mol. The van der Waals surface area contributed by atoms with Crippen LogP contribution in [0.25, 0.3) is 0 Å². The normalized spacial score (nSPS) is 11.1. The van der Waals surface area contributed by atoms with E-state index < -0.39 is 15.9 Å². The standard InChI is InChI=1S/C22H22N2O4S/c1-14-4-11-20(21(25)12-14)23-22(26)17-6-9-19(10-7-17)29(27,28)24-18-8-5-15(2)16(3)13-18/h4-13,24-25H,1-3H3,(H,23,26). The van der Waals surface area contributed by atoms with Gasteiger partial charge in [0.2, 0.25) is 0 Å². The minimum Gasteiger partial charge on any atom is -0.506 e. The zero-order valence-electron chi connectivity index (χ0n) is 16.4. The molecule has 0 bridgehead atoms. The quantitative estimate of drug-likeness (QED) is 0.544. The fraction of sp³-hybridized carbons (Fsp3) is 0.136. The van der Waals surface area contributed by atoms with E-state index in [4.69, 9.17) is 0 Å². The Hall–Kier alpha value is -3.32. The maximum atomic E-state index is 12.6. The zero-order chi connectivity index (χ0) is 21.2. The lowest BCUT2D eigenvalue weighted by atomic mass is 10.1. The molecule has 3 N–H and O–H groups in total. The Bertz CT molecular complexity index is 1170. The number of carbonyl (C=O) groups excluding carboxylic acids is 1. The van der Waals surface area contributed by atoms with Gasteiger partial charge in [-0.1, -0.05) is 12.1 Å². The van der Waals surface area contributed by atoms with Crippen LogP contribution in [0.4, 0.5) is 11.4 Å². The molecule has 0 aliphatic rings. The summed E-state index contributed by atoms with van der Waals surface area (Å²) in [5.41, 5.74) is 3.96. The van der Waals surface area contributed by atoms with Crippen molar-refractivity contribution < 1.29 is 18.3 Å². The molecule has 1 amide bonds. The van der Waals surface area contributed by atoms with Gasteiger partial charge in [0, 0.05) is 11.3 Å². The van der Waals surface area contributed by atoms with E-state index in [1.54, 1.807) is 30.3 Å². The fourth-order valence-electron chi connectivity index (χ4n) is 2.75. The number of phenols is 1. The lowest BCUT2D eigenvalue weighted by Crippen LogP contribution is -2.15. The monoisotopic (exact) mass is 410 g/mol. The van der Waals surface area contributed by atoms with Crippen LogP contribution in [-0.4, -0.2) is 19.4 Å². The van der Waals surface area contributed by atoms with Gasteiger partial charge in [0.05, 0.1) is 10.6 Å². The van der Waals surface area contributed by atoms with E-state index in [1.165, 1.54) is 24.3 Å². The van der Waals surface area contributed by atoms with Crippen molar-refractivity contribution in [2.75, 3.05) is 10.0 Å². The minimum atomic E-state index is -3.78. The fourth-order valence-corrected chi connectivity index (χ4v) is 3.80. The molecular formula is C22H22N2O4S. The number of nitrogens with one attached hydrogen (secondary N) is 2. The van der Waals surface area contributed by atoms with Crippen LogP contribution in [0.15, 0.2) is 65.6 Å². The molecule has 0 radical (unpaired) electrons. The molecule has 0 aromatic heterocycles. The van der Waals surface area contributed by atoms with Gasteiger partial charge in [-0.05, 0) is 86.0 Å². The largest absolute Gasteiger partial charge is 0.506 e. The molecule has 7 heteroatoms. The first-order chi connectivity index (χ1) is 13.7. The van der Waals surface area contributed by atoms with Crippen molar-refractivity contribution in [3.8, 4) is 5.75 Å². The van der Waals surface area contributed by atoms with Crippen LogP contribution in [0, 0.1) is 20.8 Å². The first-order valence-electron chi connectivity index (χ1n) is 8.97. The zero-order valence-corrected chi connectivity index (χ0v) is 17.2. The number of sulfonamides is 1. The number of aromatic hydroxyl groups is 1. The van der Waals surface area contributed by atoms with Crippen molar-refractivity contribution >= 4 is 27.3 Å². The lowest BCUT2D eigenvalue weighted by molar-refractivity contribution is 0.102. The summed E-state index contributed by atoms with van der Waals surface area (Å²) in [6, 6.07) is 15.8. The molecule has 3 aromatic carbocycles. The topological polar surface area (TPSA) is 95.5 Å². The molecule has 0 saturated heterocycles. The second kappa shape index (κ2) is 7.97. The highest BCUT2D eigenvalue weighted by Crippen LogP contribution is 2.25.